The Kier molecular flexibility index (Phi) is 4.91. The van der Waals surface area contributed by atoms with Gasteiger partial charge in [0.05, 0.1) is 11.5 Å². The van der Waals surface area contributed by atoms with E-state index in [9.17, 15) is 13.2 Å². The Bertz CT molecular complexity index is 923. The molecule has 0 saturated carbocycles. The van der Waals surface area contributed by atoms with Gasteiger partial charge in [0.1, 0.15) is 5.75 Å². The number of benzene rings is 2. The summed E-state index contributed by atoms with van der Waals surface area (Å²) in [6.45, 7) is 5.91. The van der Waals surface area contributed by atoms with Crippen LogP contribution >= 0.6 is 0 Å². The molecule has 2 aromatic carbocycles. The summed E-state index contributed by atoms with van der Waals surface area (Å²) in [5.74, 6) is 0.644. The van der Waals surface area contributed by atoms with Crippen LogP contribution in [0.3, 0.4) is 0 Å². The maximum Gasteiger partial charge on any atom is 0.261 e. The Balaban J connectivity index is 1.84. The molecule has 7 heteroatoms. The second kappa shape index (κ2) is 6.99. The normalized spacial score (nSPS) is 16.3. The third-order valence-corrected chi connectivity index (χ3v) is 5.71. The van der Waals surface area contributed by atoms with Gasteiger partial charge in [0.15, 0.2) is 0 Å². The molecule has 1 N–H and O–H groups in total. The van der Waals surface area contributed by atoms with Gasteiger partial charge < -0.3 is 9.64 Å². The number of carbonyl (C=O) groups is 1. The second-order valence-electron chi connectivity index (χ2n) is 6.30. The molecular formula is C19H22N2O4S. The van der Waals surface area contributed by atoms with Crippen LogP contribution < -0.4 is 14.4 Å². The minimum Gasteiger partial charge on any atom is -0.494 e. The molecule has 1 aliphatic heterocycles. The molecule has 0 saturated heterocycles. The van der Waals surface area contributed by atoms with Gasteiger partial charge in [-0.2, -0.15) is 0 Å². The lowest BCUT2D eigenvalue weighted by Crippen LogP contribution is -2.33. The molecule has 0 fully saturated rings. The molecule has 0 bridgehead atoms. The average Bonchev–Trinajstić information content (AvgIpc) is 2.91. The number of ether oxygens (including phenoxy) is 1. The van der Waals surface area contributed by atoms with E-state index in [1.807, 2.05) is 13.8 Å². The van der Waals surface area contributed by atoms with Gasteiger partial charge in [-0.15, -0.1) is 0 Å². The van der Waals surface area contributed by atoms with Gasteiger partial charge in [0.25, 0.3) is 10.0 Å². The maximum atomic E-state index is 12.7. The number of anilines is 2. The molecule has 0 spiro atoms. The fourth-order valence-corrected chi connectivity index (χ4v) is 4.36. The second-order valence-corrected chi connectivity index (χ2v) is 7.98. The van der Waals surface area contributed by atoms with Gasteiger partial charge in [-0.25, -0.2) is 8.42 Å². The molecule has 0 aliphatic carbocycles. The van der Waals surface area contributed by atoms with Gasteiger partial charge >= 0.3 is 0 Å². The lowest BCUT2D eigenvalue weighted by atomic mass is 10.1. The fourth-order valence-electron chi connectivity index (χ4n) is 3.25. The van der Waals surface area contributed by atoms with E-state index >= 15 is 0 Å². The van der Waals surface area contributed by atoms with Crippen molar-refractivity contribution in [2.75, 3.05) is 16.2 Å². The lowest BCUT2D eigenvalue weighted by molar-refractivity contribution is -0.116. The van der Waals surface area contributed by atoms with Crippen LogP contribution in [0.2, 0.25) is 0 Å². The zero-order valence-electron chi connectivity index (χ0n) is 15.0. The predicted octanol–water partition coefficient (Wildman–Crippen LogP) is 3.18. The zero-order chi connectivity index (χ0) is 18.9. The van der Waals surface area contributed by atoms with E-state index in [0.29, 0.717) is 24.5 Å². The van der Waals surface area contributed by atoms with E-state index in [1.165, 1.54) is 13.0 Å². The van der Waals surface area contributed by atoms with Crippen molar-refractivity contribution in [3.63, 3.8) is 0 Å². The van der Waals surface area contributed by atoms with Crippen molar-refractivity contribution in [2.24, 2.45) is 0 Å². The summed E-state index contributed by atoms with van der Waals surface area (Å²) in [7, 11) is -3.71. The number of rotatable bonds is 5. The first-order valence-electron chi connectivity index (χ1n) is 8.50. The molecule has 138 valence electrons. The first kappa shape index (κ1) is 18.3. The summed E-state index contributed by atoms with van der Waals surface area (Å²) in [6.07, 6.45) is 0.640. The van der Waals surface area contributed by atoms with Gasteiger partial charge in [-0.1, -0.05) is 0 Å². The molecule has 26 heavy (non-hydrogen) atoms. The minimum absolute atomic E-state index is 0.0273. The molecule has 1 atom stereocenters. The summed E-state index contributed by atoms with van der Waals surface area (Å²) < 4.78 is 33.3. The number of carbonyl (C=O) groups excluding carboxylic acids is 1. The van der Waals surface area contributed by atoms with E-state index in [2.05, 4.69) is 4.72 Å². The van der Waals surface area contributed by atoms with E-state index in [-0.39, 0.29) is 16.8 Å². The SMILES string of the molecule is CCOc1ccc(NS(=O)(=O)c2ccc3c(c2)C[C@@H](C)N3C(C)=O)cc1. The summed E-state index contributed by atoms with van der Waals surface area (Å²) in [5.41, 5.74) is 2.11. The highest BCUT2D eigenvalue weighted by Crippen LogP contribution is 2.34. The van der Waals surface area contributed by atoms with Crippen LogP contribution in [0.5, 0.6) is 5.75 Å². The highest BCUT2D eigenvalue weighted by Gasteiger charge is 2.30. The number of hydrogen-bond donors (Lipinski definition) is 1. The van der Waals surface area contributed by atoms with E-state index in [0.717, 1.165) is 11.3 Å². The summed E-state index contributed by atoms with van der Waals surface area (Å²) in [5, 5.41) is 0. The number of amides is 1. The third kappa shape index (κ3) is 3.53. The summed E-state index contributed by atoms with van der Waals surface area (Å²) in [4.78, 5) is 13.7. The van der Waals surface area contributed by atoms with Gasteiger partial charge in [0, 0.05) is 24.3 Å². The molecule has 6 nitrogen and oxygen atoms in total. The predicted molar refractivity (Wildman–Crippen MR) is 101 cm³/mol. The number of hydrogen-bond acceptors (Lipinski definition) is 4. The highest BCUT2D eigenvalue weighted by atomic mass is 32.2. The van der Waals surface area contributed by atoms with Crippen molar-refractivity contribution in [1.82, 2.24) is 0 Å². The van der Waals surface area contributed by atoms with Gasteiger partial charge in [0.2, 0.25) is 5.91 Å². The lowest BCUT2D eigenvalue weighted by Gasteiger charge is -2.20. The number of fused-ring (bicyclic) bond motifs is 1. The Morgan fingerprint density at radius 2 is 1.92 bits per heavy atom. The van der Waals surface area contributed by atoms with Crippen molar-refractivity contribution in [2.45, 2.75) is 38.1 Å². The Labute approximate surface area is 153 Å². The Morgan fingerprint density at radius 3 is 2.54 bits per heavy atom. The molecule has 0 unspecified atom stereocenters. The molecule has 0 radical (unpaired) electrons. The van der Waals surface area contributed by atoms with E-state index < -0.39 is 10.0 Å². The fraction of sp³-hybridized carbons (Fsp3) is 0.316. The first-order chi connectivity index (χ1) is 12.3. The highest BCUT2D eigenvalue weighted by molar-refractivity contribution is 7.92. The quantitative estimate of drug-likeness (QED) is 0.872. The van der Waals surface area contributed by atoms with Crippen molar-refractivity contribution in [3.05, 3.63) is 48.0 Å². The number of nitrogens with zero attached hydrogens (tertiary/aromatic N) is 1. The van der Waals surface area contributed by atoms with Crippen molar-refractivity contribution >= 4 is 27.3 Å². The molecule has 2 aromatic rings. The molecule has 1 aliphatic rings. The van der Waals surface area contributed by atoms with Gasteiger partial charge in [-0.3, -0.25) is 9.52 Å². The maximum absolute atomic E-state index is 12.7. The minimum atomic E-state index is -3.71. The Hall–Kier alpha value is -2.54. The summed E-state index contributed by atoms with van der Waals surface area (Å²) in [6, 6.07) is 11.7. The van der Waals surface area contributed by atoms with Crippen molar-refractivity contribution < 1.29 is 17.9 Å². The zero-order valence-corrected chi connectivity index (χ0v) is 15.8. The smallest absolute Gasteiger partial charge is 0.261 e. The van der Waals surface area contributed by atoms with Crippen LogP contribution in [-0.2, 0) is 21.2 Å². The van der Waals surface area contributed by atoms with E-state index in [4.69, 9.17) is 4.74 Å². The van der Waals surface area contributed by atoms with Crippen LogP contribution in [0.4, 0.5) is 11.4 Å². The standard InChI is InChI=1S/C19H22N2O4S/c1-4-25-17-7-5-16(6-8-17)20-26(23,24)18-9-10-19-15(12-18)11-13(2)21(19)14(3)22/h5-10,12-13,20H,4,11H2,1-3H3/t13-/m1/s1. The molecule has 0 aromatic heterocycles. The third-order valence-electron chi connectivity index (χ3n) is 4.33. The van der Waals surface area contributed by atoms with Crippen LogP contribution in [-0.4, -0.2) is 27.0 Å². The number of sulfonamides is 1. The largest absolute Gasteiger partial charge is 0.494 e. The van der Waals surface area contributed by atoms with Crippen LogP contribution in [0.15, 0.2) is 47.4 Å². The molecular weight excluding hydrogens is 352 g/mol. The van der Waals surface area contributed by atoms with Gasteiger partial charge in [-0.05, 0) is 68.3 Å². The Morgan fingerprint density at radius 1 is 1.23 bits per heavy atom. The molecule has 1 amide bonds. The first-order valence-corrected chi connectivity index (χ1v) is 9.98. The van der Waals surface area contributed by atoms with Crippen LogP contribution in [0.25, 0.3) is 0 Å². The van der Waals surface area contributed by atoms with Crippen LogP contribution in [0, 0.1) is 0 Å². The molecule has 3 rings (SSSR count). The van der Waals surface area contributed by atoms with Crippen molar-refractivity contribution in [3.8, 4) is 5.75 Å². The van der Waals surface area contributed by atoms with E-state index in [1.54, 1.807) is 41.3 Å². The topological polar surface area (TPSA) is 75.7 Å². The number of nitrogens with one attached hydrogen (secondary N) is 1. The average molecular weight is 374 g/mol. The molecule has 1 heterocycles. The van der Waals surface area contributed by atoms with Crippen molar-refractivity contribution in [1.29, 1.82) is 0 Å². The monoisotopic (exact) mass is 374 g/mol. The summed E-state index contributed by atoms with van der Waals surface area (Å²) >= 11 is 0. The van der Waals surface area contributed by atoms with Crippen LogP contribution in [0.1, 0.15) is 26.3 Å².